The van der Waals surface area contributed by atoms with Gasteiger partial charge in [-0.2, -0.15) is 0 Å². The van der Waals surface area contributed by atoms with Gasteiger partial charge in [0.05, 0.1) is 13.7 Å². The second kappa shape index (κ2) is 7.72. The average molecular weight is 368 g/mol. The molecule has 1 aromatic carbocycles. The first-order chi connectivity index (χ1) is 11.2. The van der Waals surface area contributed by atoms with Crippen LogP contribution in [-0.2, 0) is 4.57 Å². The highest BCUT2D eigenvalue weighted by Gasteiger charge is 2.41. The zero-order chi connectivity index (χ0) is 19.6. The Labute approximate surface area is 151 Å². The molecular weight excluding hydrogens is 331 g/mol. The topological polar surface area (TPSA) is 37.3 Å². The molecule has 0 amide bonds. The number of hydrogen-bond acceptors (Lipinski definition) is 2. The summed E-state index contributed by atoms with van der Waals surface area (Å²) in [5.41, 5.74) is 1.61. The van der Waals surface area contributed by atoms with Crippen molar-refractivity contribution in [1.82, 2.24) is 0 Å². The third-order valence-electron chi connectivity index (χ3n) is 4.47. The molecule has 1 rings (SSSR count). The minimum absolute atomic E-state index is 0.0567. The summed E-state index contributed by atoms with van der Waals surface area (Å²) >= 11 is 0. The zero-order valence-corrected chi connectivity index (χ0v) is 18.4. The molecule has 0 aliphatic heterocycles. The van der Waals surface area contributed by atoms with Crippen LogP contribution in [-0.4, -0.2) is 31.6 Å². The Morgan fingerprint density at radius 2 is 1.67 bits per heavy atom. The molecule has 0 aromatic heterocycles. The van der Waals surface area contributed by atoms with Crippen molar-refractivity contribution < 1.29 is 11.0 Å². The van der Waals surface area contributed by atoms with Crippen molar-refractivity contribution in [3.05, 3.63) is 41.6 Å². The fraction of sp³-hybridized carbons (Fsp3) is 0.600. The van der Waals surface area contributed by atoms with Gasteiger partial charge in [0.1, 0.15) is 7.14 Å². The molecular formula is C20H35O2PSi. The normalized spacial score (nSPS) is 18.5. The lowest BCUT2D eigenvalue weighted by Crippen LogP contribution is -2.45. The zero-order valence-electron chi connectivity index (χ0n) is 17.5. The molecule has 0 radical (unpaired) electrons. The minimum Gasteiger partial charge on any atom is -0.385 e. The molecule has 2 nitrogen and oxygen atoms in total. The monoisotopic (exact) mass is 367 g/mol. The maximum absolute atomic E-state index is 13.6. The Morgan fingerprint density at radius 3 is 2.04 bits per heavy atom. The fourth-order valence-corrected chi connectivity index (χ4v) is 6.23. The predicted octanol–water partition coefficient (Wildman–Crippen LogP) is 5.15. The summed E-state index contributed by atoms with van der Waals surface area (Å²) in [4.78, 5) is 0. The summed E-state index contributed by atoms with van der Waals surface area (Å²) in [6, 6.07) is 9.27. The molecule has 1 N–H and O–H groups in total. The van der Waals surface area contributed by atoms with Crippen molar-refractivity contribution >= 4 is 20.5 Å². The summed E-state index contributed by atoms with van der Waals surface area (Å²) in [7, 11) is -4.72. The van der Waals surface area contributed by atoms with Gasteiger partial charge in [0.2, 0.25) is 0 Å². The van der Waals surface area contributed by atoms with E-state index >= 15 is 0 Å². The van der Waals surface area contributed by atoms with Gasteiger partial charge in [-0.15, -0.1) is 0 Å². The Balaban J connectivity index is 3.59. The van der Waals surface area contributed by atoms with E-state index in [1.54, 1.807) is 6.66 Å². The van der Waals surface area contributed by atoms with Crippen LogP contribution in [0.25, 0.3) is 0 Å². The van der Waals surface area contributed by atoms with Gasteiger partial charge in [-0.1, -0.05) is 83.4 Å². The molecule has 136 valence electrons. The van der Waals surface area contributed by atoms with Crippen molar-refractivity contribution in [3.8, 4) is 0 Å². The van der Waals surface area contributed by atoms with Gasteiger partial charge in [0.25, 0.3) is 0 Å². The van der Waals surface area contributed by atoms with Crippen molar-refractivity contribution in [1.29, 1.82) is 0 Å². The highest BCUT2D eigenvalue weighted by molar-refractivity contribution is 7.71. The molecule has 0 heterocycles. The third kappa shape index (κ3) is 5.18. The molecule has 2 unspecified atom stereocenters. The van der Waals surface area contributed by atoms with E-state index in [9.17, 15) is 9.67 Å². The van der Waals surface area contributed by atoms with Crippen LogP contribution in [0.5, 0.6) is 0 Å². The van der Waals surface area contributed by atoms with Gasteiger partial charge in [0, 0.05) is 12.8 Å². The summed E-state index contributed by atoms with van der Waals surface area (Å²) in [6.07, 6.45) is -0.934. The largest absolute Gasteiger partial charge is 0.385 e. The van der Waals surface area contributed by atoms with Gasteiger partial charge < -0.3 is 9.67 Å². The van der Waals surface area contributed by atoms with Crippen molar-refractivity contribution in [3.63, 3.8) is 0 Å². The molecule has 0 spiro atoms. The first-order valence-electron chi connectivity index (χ1n) is 9.33. The Morgan fingerprint density at radius 1 is 1.21 bits per heavy atom. The van der Waals surface area contributed by atoms with Crippen molar-refractivity contribution in [2.75, 3.05) is 12.8 Å². The molecule has 0 aliphatic rings. The van der Waals surface area contributed by atoms with Crippen LogP contribution in [0.2, 0.25) is 19.6 Å². The lowest BCUT2D eigenvalue weighted by atomic mass is 9.76. The van der Waals surface area contributed by atoms with Gasteiger partial charge >= 0.3 is 0 Å². The number of aliphatic hydroxyl groups is 1. The number of rotatable bonds is 7. The van der Waals surface area contributed by atoms with Crippen LogP contribution in [0.1, 0.15) is 29.1 Å². The quantitative estimate of drug-likeness (QED) is 0.534. The molecule has 1 aromatic rings. The molecule has 0 saturated carbocycles. The van der Waals surface area contributed by atoms with E-state index in [4.69, 9.17) is 1.37 Å². The molecule has 24 heavy (non-hydrogen) atoms. The Hall–Kier alpha value is -0.633. The van der Waals surface area contributed by atoms with Gasteiger partial charge in [-0.25, -0.2) is 0 Å². The van der Waals surface area contributed by atoms with E-state index in [1.807, 2.05) is 58.0 Å². The Bertz CT molecular complexity index is 639. The van der Waals surface area contributed by atoms with Crippen LogP contribution in [0, 0.1) is 11.8 Å². The van der Waals surface area contributed by atoms with Crippen LogP contribution in [0.4, 0.5) is 0 Å². The van der Waals surface area contributed by atoms with Crippen LogP contribution < -0.4 is 5.30 Å². The van der Waals surface area contributed by atoms with Gasteiger partial charge in [0.15, 0.2) is 0 Å². The smallest absolute Gasteiger partial charge is 0.116 e. The highest BCUT2D eigenvalue weighted by atomic mass is 31.2. The van der Waals surface area contributed by atoms with E-state index in [1.165, 1.54) is 0 Å². The average Bonchev–Trinajstić information content (AvgIpc) is 2.50. The summed E-state index contributed by atoms with van der Waals surface area (Å²) in [6.45, 7) is 16.2. The predicted molar refractivity (Wildman–Crippen MR) is 111 cm³/mol. The number of benzene rings is 1. The summed E-state index contributed by atoms with van der Waals surface area (Å²) < 4.78 is 22.5. The van der Waals surface area contributed by atoms with E-state index in [0.29, 0.717) is 10.9 Å². The second-order valence-electron chi connectivity index (χ2n) is 8.56. The van der Waals surface area contributed by atoms with Crippen molar-refractivity contribution in [2.24, 2.45) is 11.8 Å². The van der Waals surface area contributed by atoms with E-state index in [0.717, 1.165) is 0 Å². The fourth-order valence-electron chi connectivity index (χ4n) is 3.12. The summed E-state index contributed by atoms with van der Waals surface area (Å²) in [5.74, 6) is -0.113. The number of hydrogen-bond donors (Lipinski definition) is 1. The van der Waals surface area contributed by atoms with Gasteiger partial charge in [-0.05, 0) is 24.1 Å². The lowest BCUT2D eigenvalue weighted by molar-refractivity contribution is -0.0111. The molecule has 0 bridgehead atoms. The lowest BCUT2D eigenvalue weighted by Gasteiger charge is -2.40. The van der Waals surface area contributed by atoms with Crippen LogP contribution in [0.15, 0.2) is 41.6 Å². The molecule has 0 fully saturated rings. The highest BCUT2D eigenvalue weighted by Crippen LogP contribution is 2.47. The van der Waals surface area contributed by atoms with Crippen molar-refractivity contribution in [2.45, 2.75) is 52.9 Å². The van der Waals surface area contributed by atoms with E-state index < -0.39 is 27.0 Å². The second-order valence-corrected chi connectivity index (χ2v) is 16.3. The molecule has 0 saturated heterocycles. The van der Waals surface area contributed by atoms with E-state index in [-0.39, 0.29) is 11.8 Å². The Kier molecular flexibility index (Phi) is 6.33. The van der Waals surface area contributed by atoms with Crippen LogP contribution in [0.3, 0.4) is 0 Å². The minimum atomic E-state index is -2.99. The van der Waals surface area contributed by atoms with Crippen LogP contribution >= 0.6 is 7.14 Å². The summed E-state index contributed by atoms with van der Waals surface area (Å²) in [5, 5.41) is 12.3. The molecule has 0 aliphatic carbocycles. The molecule has 2 atom stereocenters. The van der Waals surface area contributed by atoms with Gasteiger partial charge in [-0.3, -0.25) is 0 Å². The first kappa shape index (κ1) is 19.7. The first-order valence-corrected chi connectivity index (χ1v) is 14.5. The third-order valence-corrected chi connectivity index (χ3v) is 7.74. The maximum Gasteiger partial charge on any atom is 0.116 e. The molecule has 4 heteroatoms. The van der Waals surface area contributed by atoms with E-state index in [2.05, 4.69) is 25.3 Å². The standard InChI is InChI=1S/C20H35O2PSi/c1-16(2)20(21,17(3)4)18(15-24(6,7)8)14-23(5,22)19-12-10-9-11-13-19/h9-13,15-17,21H,14H2,1-8H3/b18-15-/i14D. The maximum atomic E-state index is 13.6. The SMILES string of the molecule is [2H]C(/C(=C/[Si](C)(C)C)C(O)(C(C)C)C(C)C)P(C)(=O)c1ccccc1.